The third-order valence-corrected chi connectivity index (χ3v) is 2.22. The van der Waals surface area contributed by atoms with Crippen molar-refractivity contribution in [2.45, 2.75) is 19.4 Å². The van der Waals surface area contributed by atoms with Gasteiger partial charge in [0.2, 0.25) is 0 Å². The molecule has 0 spiro atoms. The number of nitrogens with one attached hydrogen (secondary N) is 2. The highest BCUT2D eigenvalue weighted by Gasteiger charge is 2.23. The summed E-state index contributed by atoms with van der Waals surface area (Å²) in [6.07, 6.45) is 4.70. The highest BCUT2D eigenvalue weighted by molar-refractivity contribution is 5.98. The van der Waals surface area contributed by atoms with Crippen molar-refractivity contribution in [2.24, 2.45) is 10.7 Å². The number of aliphatic imine (C=N–C) groups is 1. The van der Waals surface area contributed by atoms with E-state index >= 15 is 0 Å². The normalized spacial score (nSPS) is 25.3. The summed E-state index contributed by atoms with van der Waals surface area (Å²) >= 11 is 0. The molecule has 0 aromatic heterocycles. The Bertz CT molecular complexity index is 349. The topological polar surface area (TPSA) is 74.3 Å². The van der Waals surface area contributed by atoms with Gasteiger partial charge < -0.3 is 11.1 Å². The van der Waals surface area contributed by atoms with Gasteiger partial charge in [-0.1, -0.05) is 6.08 Å². The molecule has 0 radical (unpaired) electrons. The number of hydrogen-bond acceptors (Lipinski definition) is 3. The van der Waals surface area contributed by atoms with Gasteiger partial charge in [0.05, 0.1) is 11.9 Å². The van der Waals surface area contributed by atoms with Crippen LogP contribution in [-0.4, -0.2) is 17.7 Å². The predicted octanol–water partition coefficient (Wildman–Crippen LogP) is 0.527. The largest absolute Gasteiger partial charge is 0.384 e. The molecule has 4 N–H and O–H groups in total. The monoisotopic (exact) mass is 176 g/mol. The summed E-state index contributed by atoms with van der Waals surface area (Å²) in [7, 11) is 0. The van der Waals surface area contributed by atoms with Gasteiger partial charge >= 0.3 is 0 Å². The van der Waals surface area contributed by atoms with Gasteiger partial charge in [-0.15, -0.1) is 0 Å². The lowest BCUT2D eigenvalue weighted by molar-refractivity contribution is 0.781. The Morgan fingerprint density at radius 2 is 2.54 bits per heavy atom. The van der Waals surface area contributed by atoms with Crippen LogP contribution >= 0.6 is 0 Å². The van der Waals surface area contributed by atoms with Crippen LogP contribution < -0.4 is 11.1 Å². The molecule has 0 saturated carbocycles. The first-order valence-corrected chi connectivity index (χ1v) is 4.24. The maximum atomic E-state index is 7.29. The van der Waals surface area contributed by atoms with Crippen LogP contribution in [0.4, 0.5) is 0 Å². The number of hydrogen-bond donors (Lipinski definition) is 3. The van der Waals surface area contributed by atoms with E-state index in [1.54, 1.807) is 0 Å². The maximum absolute atomic E-state index is 7.29. The summed E-state index contributed by atoms with van der Waals surface area (Å²) in [5.74, 6) is 1.06. The summed E-state index contributed by atoms with van der Waals surface area (Å²) in [4.78, 5) is 4.39. The van der Waals surface area contributed by atoms with E-state index in [9.17, 15) is 0 Å². The molecule has 0 bridgehead atoms. The number of amidine groups is 2. The molecule has 4 heteroatoms. The predicted molar refractivity (Wildman–Crippen MR) is 52.7 cm³/mol. The van der Waals surface area contributed by atoms with E-state index in [2.05, 4.69) is 10.3 Å². The van der Waals surface area contributed by atoms with Crippen molar-refractivity contribution in [3.63, 3.8) is 0 Å². The van der Waals surface area contributed by atoms with E-state index < -0.39 is 0 Å². The second-order valence-electron chi connectivity index (χ2n) is 3.26. The third kappa shape index (κ3) is 1.35. The van der Waals surface area contributed by atoms with Crippen molar-refractivity contribution >= 4 is 11.7 Å². The molecule has 0 aromatic carbocycles. The zero-order valence-corrected chi connectivity index (χ0v) is 7.46. The van der Waals surface area contributed by atoms with Crippen LogP contribution in [0.25, 0.3) is 0 Å². The Balaban J connectivity index is 2.25. The Morgan fingerprint density at radius 1 is 1.77 bits per heavy atom. The molecule has 13 heavy (non-hydrogen) atoms. The summed E-state index contributed by atoms with van der Waals surface area (Å²) in [5.41, 5.74) is 7.25. The minimum absolute atomic E-state index is 0.123. The highest BCUT2D eigenvalue weighted by atomic mass is 15.1. The van der Waals surface area contributed by atoms with Crippen LogP contribution in [0.5, 0.6) is 0 Å². The van der Waals surface area contributed by atoms with Crippen molar-refractivity contribution in [1.82, 2.24) is 5.32 Å². The summed E-state index contributed by atoms with van der Waals surface area (Å²) in [6, 6.07) is 0.225. The fourth-order valence-electron chi connectivity index (χ4n) is 1.59. The zero-order valence-electron chi connectivity index (χ0n) is 7.46. The maximum Gasteiger partial charge on any atom is 0.122 e. The quantitative estimate of drug-likeness (QED) is 0.402. The summed E-state index contributed by atoms with van der Waals surface area (Å²) < 4.78 is 0. The fourth-order valence-corrected chi connectivity index (χ4v) is 1.59. The van der Waals surface area contributed by atoms with Gasteiger partial charge in [-0.05, 0) is 19.4 Å². The van der Waals surface area contributed by atoms with Crippen LogP contribution in [0.3, 0.4) is 0 Å². The molecule has 0 saturated heterocycles. The van der Waals surface area contributed by atoms with Crippen molar-refractivity contribution in [1.29, 1.82) is 5.41 Å². The van der Waals surface area contributed by atoms with E-state index in [4.69, 9.17) is 11.1 Å². The van der Waals surface area contributed by atoms with Crippen molar-refractivity contribution in [2.75, 3.05) is 0 Å². The van der Waals surface area contributed by atoms with Gasteiger partial charge in [0.15, 0.2) is 0 Å². The number of fused-ring (bicyclic) bond motifs is 1. The number of rotatable bonds is 1. The van der Waals surface area contributed by atoms with Gasteiger partial charge in [-0.2, -0.15) is 0 Å². The van der Waals surface area contributed by atoms with Gasteiger partial charge in [0, 0.05) is 11.3 Å². The lowest BCUT2D eigenvalue weighted by Gasteiger charge is -2.14. The summed E-state index contributed by atoms with van der Waals surface area (Å²) in [6.45, 7) is 1.94. The van der Waals surface area contributed by atoms with Crippen LogP contribution in [0.1, 0.15) is 13.3 Å². The molecule has 68 valence electrons. The standard InChI is InChI=1S/C9H12N4/c1-5-12-7-3-2-6(9(10)11)4-8(7)13-5/h2,4,7H,3H2,1H3,(H3,10,11)(H,12,13). The molecule has 2 rings (SSSR count). The molecule has 1 atom stereocenters. The van der Waals surface area contributed by atoms with Crippen LogP contribution in [0.2, 0.25) is 0 Å². The number of nitrogens with two attached hydrogens (primary N) is 1. The smallest absolute Gasteiger partial charge is 0.122 e. The molecule has 1 unspecified atom stereocenters. The van der Waals surface area contributed by atoms with Crippen LogP contribution in [0.15, 0.2) is 28.4 Å². The Morgan fingerprint density at radius 3 is 3.23 bits per heavy atom. The van der Waals surface area contributed by atoms with Crippen molar-refractivity contribution < 1.29 is 0 Å². The SMILES string of the molecule is CC1=NC2CC=C(C(=N)N)C=C2N1. The van der Waals surface area contributed by atoms with E-state index in [0.29, 0.717) is 0 Å². The van der Waals surface area contributed by atoms with Gasteiger partial charge in [0.25, 0.3) is 0 Å². The first-order valence-electron chi connectivity index (χ1n) is 4.24. The molecular weight excluding hydrogens is 164 g/mol. The van der Waals surface area contributed by atoms with Crippen molar-refractivity contribution in [3.8, 4) is 0 Å². The average molecular weight is 176 g/mol. The molecular formula is C9H12N4. The minimum Gasteiger partial charge on any atom is -0.384 e. The van der Waals surface area contributed by atoms with E-state index in [-0.39, 0.29) is 11.9 Å². The lowest BCUT2D eigenvalue weighted by Crippen LogP contribution is -2.22. The fraction of sp³-hybridized carbons (Fsp3) is 0.333. The molecule has 4 nitrogen and oxygen atoms in total. The minimum atomic E-state index is 0.123. The molecule has 2 aliphatic rings. The van der Waals surface area contributed by atoms with Gasteiger partial charge in [-0.25, -0.2) is 0 Å². The molecule has 1 aliphatic carbocycles. The van der Waals surface area contributed by atoms with E-state index in [0.717, 1.165) is 23.5 Å². The Labute approximate surface area is 76.7 Å². The molecule has 0 fully saturated rings. The second kappa shape index (κ2) is 2.73. The highest BCUT2D eigenvalue weighted by Crippen LogP contribution is 2.22. The Hall–Kier alpha value is -1.58. The average Bonchev–Trinajstić information content (AvgIpc) is 2.42. The summed E-state index contributed by atoms with van der Waals surface area (Å²) in [5, 5.41) is 10.4. The van der Waals surface area contributed by atoms with E-state index in [1.807, 2.05) is 19.1 Å². The zero-order chi connectivity index (χ0) is 9.42. The van der Waals surface area contributed by atoms with Crippen LogP contribution in [-0.2, 0) is 0 Å². The molecule has 0 amide bonds. The Kier molecular flexibility index (Phi) is 1.69. The van der Waals surface area contributed by atoms with Crippen LogP contribution in [0, 0.1) is 5.41 Å². The van der Waals surface area contributed by atoms with Gasteiger partial charge in [-0.3, -0.25) is 10.4 Å². The van der Waals surface area contributed by atoms with E-state index in [1.165, 1.54) is 0 Å². The first kappa shape index (κ1) is 8.04. The second-order valence-corrected chi connectivity index (χ2v) is 3.26. The third-order valence-electron chi connectivity index (χ3n) is 2.22. The first-order chi connectivity index (χ1) is 6.16. The molecule has 1 aliphatic heterocycles. The lowest BCUT2D eigenvalue weighted by atomic mass is 10.0. The van der Waals surface area contributed by atoms with Gasteiger partial charge in [0.1, 0.15) is 5.84 Å². The molecule has 1 heterocycles. The van der Waals surface area contributed by atoms with Crippen molar-refractivity contribution in [3.05, 3.63) is 23.4 Å². The number of nitrogens with zero attached hydrogens (tertiary/aromatic N) is 1. The molecule has 0 aromatic rings.